The van der Waals surface area contributed by atoms with Crippen LogP contribution in [0.4, 0.5) is 5.82 Å². The lowest BCUT2D eigenvalue weighted by Crippen LogP contribution is -2.12. The SMILES string of the molecule is C=C(C)COCCNc1ccc(C(=O)OC)c(C)n1. The zero-order chi connectivity index (χ0) is 14.3. The van der Waals surface area contributed by atoms with Crippen molar-refractivity contribution >= 4 is 11.8 Å². The van der Waals surface area contributed by atoms with E-state index in [-0.39, 0.29) is 5.97 Å². The highest BCUT2D eigenvalue weighted by Crippen LogP contribution is 2.11. The summed E-state index contributed by atoms with van der Waals surface area (Å²) in [5.74, 6) is 0.338. The molecule has 19 heavy (non-hydrogen) atoms. The second-order valence-corrected chi connectivity index (χ2v) is 4.26. The first-order valence-corrected chi connectivity index (χ1v) is 6.06. The van der Waals surface area contributed by atoms with Gasteiger partial charge in [0.15, 0.2) is 0 Å². The van der Waals surface area contributed by atoms with Crippen LogP contribution in [0.15, 0.2) is 24.3 Å². The smallest absolute Gasteiger partial charge is 0.339 e. The average molecular weight is 264 g/mol. The van der Waals surface area contributed by atoms with E-state index in [1.54, 1.807) is 19.1 Å². The minimum Gasteiger partial charge on any atom is -0.465 e. The molecule has 1 aromatic rings. The monoisotopic (exact) mass is 264 g/mol. The summed E-state index contributed by atoms with van der Waals surface area (Å²) in [5.41, 5.74) is 2.11. The number of pyridine rings is 1. The minimum absolute atomic E-state index is 0.374. The number of aryl methyl sites for hydroxylation is 1. The molecule has 0 aliphatic rings. The molecule has 0 radical (unpaired) electrons. The Morgan fingerprint density at radius 1 is 1.47 bits per heavy atom. The molecule has 0 bridgehead atoms. The summed E-state index contributed by atoms with van der Waals surface area (Å²) in [6, 6.07) is 3.45. The number of rotatable bonds is 7. The van der Waals surface area contributed by atoms with Gasteiger partial charge in [0.25, 0.3) is 0 Å². The van der Waals surface area contributed by atoms with E-state index in [1.807, 2.05) is 6.92 Å². The number of ether oxygens (including phenoxy) is 2. The molecular weight excluding hydrogens is 244 g/mol. The Bertz CT molecular complexity index is 458. The van der Waals surface area contributed by atoms with Gasteiger partial charge in [-0.25, -0.2) is 9.78 Å². The minimum atomic E-state index is -0.374. The quantitative estimate of drug-likeness (QED) is 0.464. The van der Waals surface area contributed by atoms with E-state index in [0.29, 0.717) is 36.8 Å². The van der Waals surface area contributed by atoms with Gasteiger partial charge < -0.3 is 14.8 Å². The summed E-state index contributed by atoms with van der Waals surface area (Å²) in [5, 5.41) is 3.13. The number of hydrogen-bond donors (Lipinski definition) is 1. The van der Waals surface area contributed by atoms with Gasteiger partial charge in [0.1, 0.15) is 5.82 Å². The first-order chi connectivity index (χ1) is 9.04. The lowest BCUT2D eigenvalue weighted by molar-refractivity contribution is 0.0599. The highest BCUT2D eigenvalue weighted by molar-refractivity contribution is 5.90. The number of carbonyl (C=O) groups excluding carboxylic acids is 1. The van der Waals surface area contributed by atoms with Crippen LogP contribution < -0.4 is 5.32 Å². The van der Waals surface area contributed by atoms with Gasteiger partial charge >= 0.3 is 5.97 Å². The summed E-state index contributed by atoms with van der Waals surface area (Å²) in [6.07, 6.45) is 0. The van der Waals surface area contributed by atoms with Gasteiger partial charge in [0, 0.05) is 6.54 Å². The third-order valence-corrected chi connectivity index (χ3v) is 2.39. The van der Waals surface area contributed by atoms with E-state index < -0.39 is 0 Å². The second kappa shape index (κ2) is 7.53. The van der Waals surface area contributed by atoms with Gasteiger partial charge in [0.05, 0.1) is 31.6 Å². The van der Waals surface area contributed by atoms with Crippen molar-refractivity contribution in [3.05, 3.63) is 35.5 Å². The Morgan fingerprint density at radius 3 is 2.79 bits per heavy atom. The molecule has 1 aromatic heterocycles. The molecule has 0 aromatic carbocycles. The van der Waals surface area contributed by atoms with E-state index >= 15 is 0 Å². The molecule has 0 amide bonds. The molecular formula is C14H20N2O3. The summed E-state index contributed by atoms with van der Waals surface area (Å²) >= 11 is 0. The standard InChI is InChI=1S/C14H20N2O3/c1-10(2)9-19-8-7-15-13-6-5-12(11(3)16-13)14(17)18-4/h5-6H,1,7-9H2,2-4H3,(H,15,16). The van der Waals surface area contributed by atoms with E-state index in [1.165, 1.54) is 7.11 Å². The highest BCUT2D eigenvalue weighted by Gasteiger charge is 2.10. The third-order valence-electron chi connectivity index (χ3n) is 2.39. The van der Waals surface area contributed by atoms with Crippen molar-refractivity contribution in [2.75, 3.05) is 32.2 Å². The summed E-state index contributed by atoms with van der Waals surface area (Å²) in [6.45, 7) is 9.24. The van der Waals surface area contributed by atoms with Crippen LogP contribution in [-0.2, 0) is 9.47 Å². The maximum Gasteiger partial charge on any atom is 0.339 e. The van der Waals surface area contributed by atoms with E-state index in [4.69, 9.17) is 4.74 Å². The van der Waals surface area contributed by atoms with Crippen molar-refractivity contribution in [3.8, 4) is 0 Å². The van der Waals surface area contributed by atoms with Gasteiger partial charge in [-0.15, -0.1) is 0 Å². The van der Waals surface area contributed by atoms with Crippen LogP contribution >= 0.6 is 0 Å². The largest absolute Gasteiger partial charge is 0.465 e. The summed E-state index contributed by atoms with van der Waals surface area (Å²) in [4.78, 5) is 15.7. The van der Waals surface area contributed by atoms with Crippen LogP contribution in [0, 0.1) is 6.92 Å². The number of anilines is 1. The molecule has 5 nitrogen and oxygen atoms in total. The molecule has 104 valence electrons. The van der Waals surface area contributed by atoms with Crippen molar-refractivity contribution in [2.24, 2.45) is 0 Å². The van der Waals surface area contributed by atoms with E-state index in [9.17, 15) is 4.79 Å². The van der Waals surface area contributed by atoms with Crippen LogP contribution in [-0.4, -0.2) is 37.8 Å². The summed E-state index contributed by atoms with van der Waals surface area (Å²) in [7, 11) is 1.35. The van der Waals surface area contributed by atoms with Crippen LogP contribution in [0.1, 0.15) is 23.0 Å². The molecule has 0 spiro atoms. The molecule has 0 fully saturated rings. The Hall–Kier alpha value is -1.88. The third kappa shape index (κ3) is 5.09. The number of carbonyl (C=O) groups is 1. The van der Waals surface area contributed by atoms with Crippen molar-refractivity contribution in [2.45, 2.75) is 13.8 Å². The molecule has 0 unspecified atom stereocenters. The van der Waals surface area contributed by atoms with Gasteiger partial charge in [-0.3, -0.25) is 0 Å². The van der Waals surface area contributed by atoms with Crippen LogP contribution in [0.3, 0.4) is 0 Å². The van der Waals surface area contributed by atoms with Crippen LogP contribution in [0.25, 0.3) is 0 Å². The van der Waals surface area contributed by atoms with Gasteiger partial charge in [-0.1, -0.05) is 12.2 Å². The molecule has 1 heterocycles. The van der Waals surface area contributed by atoms with Gasteiger partial charge in [-0.05, 0) is 26.0 Å². The summed E-state index contributed by atoms with van der Waals surface area (Å²) < 4.78 is 10.0. The number of aromatic nitrogens is 1. The van der Waals surface area contributed by atoms with Crippen LogP contribution in [0.5, 0.6) is 0 Å². The van der Waals surface area contributed by atoms with Crippen LogP contribution in [0.2, 0.25) is 0 Å². The maximum absolute atomic E-state index is 11.4. The Kier molecular flexibility index (Phi) is 6.02. The van der Waals surface area contributed by atoms with E-state index in [0.717, 1.165) is 5.57 Å². The topological polar surface area (TPSA) is 60.5 Å². The number of nitrogens with one attached hydrogen (secondary N) is 1. The second-order valence-electron chi connectivity index (χ2n) is 4.26. The van der Waals surface area contributed by atoms with Crippen molar-refractivity contribution < 1.29 is 14.3 Å². The molecule has 0 atom stereocenters. The maximum atomic E-state index is 11.4. The normalized spacial score (nSPS) is 10.1. The molecule has 0 saturated heterocycles. The fraction of sp³-hybridized carbons (Fsp3) is 0.429. The van der Waals surface area contributed by atoms with Crippen molar-refractivity contribution in [1.29, 1.82) is 0 Å². The van der Waals surface area contributed by atoms with Crippen molar-refractivity contribution in [3.63, 3.8) is 0 Å². The predicted octanol–water partition coefficient (Wildman–Crippen LogP) is 2.18. The first kappa shape index (κ1) is 15.2. The fourth-order valence-electron chi connectivity index (χ4n) is 1.48. The first-order valence-electron chi connectivity index (χ1n) is 6.06. The molecule has 5 heteroatoms. The van der Waals surface area contributed by atoms with Gasteiger partial charge in [0.2, 0.25) is 0 Å². The molecule has 0 aliphatic carbocycles. The highest BCUT2D eigenvalue weighted by atomic mass is 16.5. The Balaban J connectivity index is 2.45. The lowest BCUT2D eigenvalue weighted by Gasteiger charge is -2.09. The Morgan fingerprint density at radius 2 is 2.21 bits per heavy atom. The molecule has 0 aliphatic heterocycles. The lowest BCUT2D eigenvalue weighted by atomic mass is 10.2. The Labute approximate surface area is 113 Å². The van der Waals surface area contributed by atoms with E-state index in [2.05, 4.69) is 21.6 Å². The molecule has 0 saturated carbocycles. The molecule has 1 rings (SSSR count). The predicted molar refractivity (Wildman–Crippen MR) is 74.4 cm³/mol. The fourth-order valence-corrected chi connectivity index (χ4v) is 1.48. The molecule has 1 N–H and O–H groups in total. The van der Waals surface area contributed by atoms with Gasteiger partial charge in [-0.2, -0.15) is 0 Å². The number of nitrogens with zero attached hydrogens (tertiary/aromatic N) is 1. The zero-order valence-corrected chi connectivity index (χ0v) is 11.7. The average Bonchev–Trinajstić information content (AvgIpc) is 2.37. The number of hydrogen-bond acceptors (Lipinski definition) is 5. The number of esters is 1. The zero-order valence-electron chi connectivity index (χ0n) is 11.7. The number of methoxy groups -OCH3 is 1. The van der Waals surface area contributed by atoms with Crippen molar-refractivity contribution in [1.82, 2.24) is 4.98 Å².